The molecule has 1 aromatic carbocycles. The standard InChI is InChI=1S/C18H19N3OS/c1-12-11-16(20-23-12)17(22)21-9-7-18(8-10-21)13(2)19-15-6-4-3-5-14(15)18/h3-6,11H,7-10H2,1-2H3. The van der Waals surface area contributed by atoms with E-state index in [0.717, 1.165) is 36.5 Å². The summed E-state index contributed by atoms with van der Waals surface area (Å²) in [4.78, 5) is 20.4. The summed E-state index contributed by atoms with van der Waals surface area (Å²) in [6, 6.07) is 10.3. The number of piperidine rings is 1. The Kier molecular flexibility index (Phi) is 3.34. The number of aromatic nitrogens is 1. The average molecular weight is 325 g/mol. The molecule has 4 nitrogen and oxygen atoms in total. The first-order chi connectivity index (χ1) is 11.1. The number of likely N-dealkylation sites (tertiary alicyclic amines) is 1. The zero-order valence-corrected chi connectivity index (χ0v) is 14.2. The van der Waals surface area contributed by atoms with Crippen molar-refractivity contribution < 1.29 is 4.79 Å². The zero-order chi connectivity index (χ0) is 16.0. The number of amides is 1. The lowest BCUT2D eigenvalue weighted by Crippen LogP contribution is -2.47. The summed E-state index contributed by atoms with van der Waals surface area (Å²) in [5.74, 6) is 0.0603. The van der Waals surface area contributed by atoms with Crippen molar-refractivity contribution in [2.45, 2.75) is 32.1 Å². The third-order valence-corrected chi connectivity index (χ3v) is 5.85. The Labute approximate surface area is 140 Å². The summed E-state index contributed by atoms with van der Waals surface area (Å²) >= 11 is 1.39. The van der Waals surface area contributed by atoms with Crippen molar-refractivity contribution in [3.05, 3.63) is 46.5 Å². The predicted octanol–water partition coefficient (Wildman–Crippen LogP) is 3.73. The molecule has 23 heavy (non-hydrogen) atoms. The van der Waals surface area contributed by atoms with Crippen LogP contribution in [0.4, 0.5) is 5.69 Å². The molecule has 0 aliphatic carbocycles. The Bertz CT molecular complexity index is 800. The maximum Gasteiger partial charge on any atom is 0.273 e. The molecule has 118 valence electrons. The van der Waals surface area contributed by atoms with Crippen molar-refractivity contribution in [1.82, 2.24) is 9.27 Å². The summed E-state index contributed by atoms with van der Waals surface area (Å²) in [6.07, 6.45) is 1.88. The maximum absolute atomic E-state index is 12.6. The highest BCUT2D eigenvalue weighted by Gasteiger charge is 2.44. The number of carbonyl (C=O) groups excluding carboxylic acids is 1. The summed E-state index contributed by atoms with van der Waals surface area (Å²) in [5, 5.41) is 0. The van der Waals surface area contributed by atoms with Gasteiger partial charge in [-0.25, -0.2) is 0 Å². The topological polar surface area (TPSA) is 45.6 Å². The molecule has 1 saturated heterocycles. The highest BCUT2D eigenvalue weighted by Crippen LogP contribution is 2.46. The summed E-state index contributed by atoms with van der Waals surface area (Å²) in [5.41, 5.74) is 4.22. The SMILES string of the molecule is CC1=Nc2ccccc2C12CCN(C(=O)c1cc(C)sn1)CC2. The van der Waals surface area contributed by atoms with Crippen molar-refractivity contribution in [2.75, 3.05) is 13.1 Å². The van der Waals surface area contributed by atoms with E-state index in [1.807, 2.05) is 24.0 Å². The largest absolute Gasteiger partial charge is 0.337 e. The molecule has 0 radical (unpaired) electrons. The van der Waals surface area contributed by atoms with Gasteiger partial charge in [0, 0.05) is 29.1 Å². The lowest BCUT2D eigenvalue weighted by atomic mass is 9.71. The first-order valence-electron chi connectivity index (χ1n) is 7.98. The highest BCUT2D eigenvalue weighted by atomic mass is 32.1. The van der Waals surface area contributed by atoms with E-state index >= 15 is 0 Å². The van der Waals surface area contributed by atoms with Crippen LogP contribution < -0.4 is 0 Å². The number of benzene rings is 1. The van der Waals surface area contributed by atoms with Crippen molar-refractivity contribution in [3.8, 4) is 0 Å². The Morgan fingerprint density at radius 3 is 2.65 bits per heavy atom. The second-order valence-electron chi connectivity index (χ2n) is 6.41. The molecular formula is C18H19N3OS. The van der Waals surface area contributed by atoms with Crippen LogP contribution in [0.3, 0.4) is 0 Å². The van der Waals surface area contributed by atoms with Gasteiger partial charge in [-0.1, -0.05) is 18.2 Å². The minimum Gasteiger partial charge on any atom is -0.337 e. The number of fused-ring (bicyclic) bond motifs is 2. The monoisotopic (exact) mass is 325 g/mol. The Hall–Kier alpha value is -2.01. The van der Waals surface area contributed by atoms with Crippen LogP contribution >= 0.6 is 11.5 Å². The van der Waals surface area contributed by atoms with E-state index in [1.165, 1.54) is 22.8 Å². The summed E-state index contributed by atoms with van der Waals surface area (Å²) in [7, 11) is 0. The Morgan fingerprint density at radius 2 is 1.96 bits per heavy atom. The number of aryl methyl sites for hydroxylation is 1. The summed E-state index contributed by atoms with van der Waals surface area (Å²) in [6.45, 7) is 5.63. The average Bonchev–Trinajstić information content (AvgIpc) is 3.11. The van der Waals surface area contributed by atoms with E-state index in [-0.39, 0.29) is 11.3 Å². The van der Waals surface area contributed by atoms with E-state index in [0.29, 0.717) is 5.69 Å². The van der Waals surface area contributed by atoms with Gasteiger partial charge in [0.05, 0.1) is 5.69 Å². The van der Waals surface area contributed by atoms with Crippen LogP contribution in [-0.2, 0) is 5.41 Å². The third-order valence-electron chi connectivity index (χ3n) is 5.15. The minimum atomic E-state index is 0.0192. The number of rotatable bonds is 1. The maximum atomic E-state index is 12.6. The molecule has 1 aromatic heterocycles. The number of nitrogens with zero attached hydrogens (tertiary/aromatic N) is 3. The molecule has 1 amide bonds. The van der Waals surface area contributed by atoms with Gasteiger partial charge in [-0.2, -0.15) is 4.37 Å². The fraction of sp³-hybridized carbons (Fsp3) is 0.389. The van der Waals surface area contributed by atoms with E-state index in [4.69, 9.17) is 4.99 Å². The molecule has 4 rings (SSSR count). The quantitative estimate of drug-likeness (QED) is 0.802. The second kappa shape index (κ2) is 5.27. The highest BCUT2D eigenvalue weighted by molar-refractivity contribution is 7.05. The van der Waals surface area contributed by atoms with E-state index in [2.05, 4.69) is 29.5 Å². The van der Waals surface area contributed by atoms with Crippen molar-refractivity contribution in [2.24, 2.45) is 4.99 Å². The van der Waals surface area contributed by atoms with Crippen LogP contribution in [0.1, 0.15) is 40.7 Å². The Morgan fingerprint density at radius 1 is 1.22 bits per heavy atom. The first kappa shape index (κ1) is 14.6. The molecule has 0 atom stereocenters. The molecule has 5 heteroatoms. The molecule has 0 N–H and O–H groups in total. The van der Waals surface area contributed by atoms with E-state index in [1.54, 1.807) is 0 Å². The number of hydrogen-bond acceptors (Lipinski definition) is 4. The molecule has 2 aliphatic heterocycles. The van der Waals surface area contributed by atoms with E-state index in [9.17, 15) is 4.79 Å². The first-order valence-corrected chi connectivity index (χ1v) is 8.75. The van der Waals surface area contributed by atoms with Gasteiger partial charge >= 0.3 is 0 Å². The van der Waals surface area contributed by atoms with Gasteiger partial charge in [-0.15, -0.1) is 0 Å². The van der Waals surface area contributed by atoms with Gasteiger partial charge < -0.3 is 4.90 Å². The number of para-hydroxylation sites is 1. The molecule has 0 unspecified atom stereocenters. The lowest BCUT2D eigenvalue weighted by molar-refractivity contribution is 0.0692. The number of aliphatic imine (C=N–C) groups is 1. The Balaban J connectivity index is 1.56. The van der Waals surface area contributed by atoms with Crippen molar-refractivity contribution in [3.63, 3.8) is 0 Å². The van der Waals surface area contributed by atoms with Crippen LogP contribution in [-0.4, -0.2) is 34.0 Å². The number of hydrogen-bond donors (Lipinski definition) is 0. The number of carbonyl (C=O) groups is 1. The molecule has 3 heterocycles. The normalized spacial score (nSPS) is 18.9. The fourth-order valence-electron chi connectivity index (χ4n) is 3.81. The molecule has 0 saturated carbocycles. The molecule has 1 fully saturated rings. The smallest absolute Gasteiger partial charge is 0.273 e. The van der Waals surface area contributed by atoms with Crippen LogP contribution in [0.2, 0.25) is 0 Å². The predicted molar refractivity (Wildman–Crippen MR) is 92.9 cm³/mol. The van der Waals surface area contributed by atoms with Crippen LogP contribution in [0.15, 0.2) is 35.3 Å². The molecule has 2 aliphatic rings. The fourth-order valence-corrected chi connectivity index (χ4v) is 4.35. The van der Waals surface area contributed by atoms with Crippen LogP contribution in [0.25, 0.3) is 0 Å². The molecule has 0 bridgehead atoms. The van der Waals surface area contributed by atoms with Gasteiger partial charge in [-0.05, 0) is 55.9 Å². The lowest BCUT2D eigenvalue weighted by Gasteiger charge is -2.40. The van der Waals surface area contributed by atoms with Gasteiger partial charge in [-0.3, -0.25) is 9.79 Å². The summed E-state index contributed by atoms with van der Waals surface area (Å²) < 4.78 is 4.26. The van der Waals surface area contributed by atoms with Gasteiger partial charge in [0.1, 0.15) is 5.69 Å². The van der Waals surface area contributed by atoms with Gasteiger partial charge in [0.2, 0.25) is 0 Å². The van der Waals surface area contributed by atoms with Gasteiger partial charge in [0.15, 0.2) is 0 Å². The second-order valence-corrected chi connectivity index (χ2v) is 7.42. The van der Waals surface area contributed by atoms with Crippen molar-refractivity contribution in [1.29, 1.82) is 0 Å². The zero-order valence-electron chi connectivity index (χ0n) is 13.4. The van der Waals surface area contributed by atoms with Crippen LogP contribution in [0, 0.1) is 6.92 Å². The van der Waals surface area contributed by atoms with E-state index < -0.39 is 0 Å². The molecule has 1 spiro atoms. The molecular weight excluding hydrogens is 306 g/mol. The molecule has 2 aromatic rings. The minimum absolute atomic E-state index is 0.0192. The third kappa shape index (κ3) is 2.22. The van der Waals surface area contributed by atoms with Crippen LogP contribution in [0.5, 0.6) is 0 Å². The van der Waals surface area contributed by atoms with Gasteiger partial charge in [0.25, 0.3) is 5.91 Å². The van der Waals surface area contributed by atoms with Crippen molar-refractivity contribution >= 4 is 28.8 Å².